The number of alkyl halides is 3. The summed E-state index contributed by atoms with van der Waals surface area (Å²) in [4.78, 5) is 25.5. The lowest BCUT2D eigenvalue weighted by atomic mass is 9.97. The molecule has 1 aliphatic heterocycles. The second kappa shape index (κ2) is 6.30. The van der Waals surface area contributed by atoms with Gasteiger partial charge in [-0.2, -0.15) is 13.2 Å². The van der Waals surface area contributed by atoms with Crippen molar-refractivity contribution in [1.29, 1.82) is 0 Å². The lowest BCUT2D eigenvalue weighted by molar-refractivity contribution is -0.188. The molecular weight excluding hydrogens is 321 g/mol. The summed E-state index contributed by atoms with van der Waals surface area (Å²) in [5.41, 5.74) is 0.451. The van der Waals surface area contributed by atoms with Crippen LogP contribution >= 0.6 is 0 Å². The molecule has 1 saturated heterocycles. The molecule has 128 valence electrons. The average Bonchev–Trinajstić information content (AvgIpc) is 2.57. The van der Waals surface area contributed by atoms with E-state index in [1.807, 2.05) is 0 Å². The number of piperidine rings is 1. The maximum absolute atomic E-state index is 12.9. The maximum Gasteiger partial charge on any atom is 0.393 e. The highest BCUT2D eigenvalue weighted by atomic mass is 19.4. The lowest BCUT2D eigenvalue weighted by Crippen LogP contribution is -2.45. The monoisotopic (exact) mass is 338 g/mol. The Kier molecular flexibility index (Phi) is 4.34. The van der Waals surface area contributed by atoms with Crippen LogP contribution in [-0.4, -0.2) is 34.6 Å². The normalized spacial score (nSPS) is 18.8. The van der Waals surface area contributed by atoms with Crippen molar-refractivity contribution in [3.8, 4) is 0 Å². The summed E-state index contributed by atoms with van der Waals surface area (Å²) in [6.07, 6.45) is -2.36. The van der Waals surface area contributed by atoms with Gasteiger partial charge in [0.25, 0.3) is 0 Å². The summed E-state index contributed by atoms with van der Waals surface area (Å²) in [5.74, 6) is -1.82. The summed E-state index contributed by atoms with van der Waals surface area (Å²) in [6, 6.07) is 8.24. The minimum atomic E-state index is -4.27. The van der Waals surface area contributed by atoms with Gasteiger partial charge in [-0.05, 0) is 25.0 Å². The maximum atomic E-state index is 12.9. The molecule has 7 heteroatoms. The van der Waals surface area contributed by atoms with E-state index in [2.05, 4.69) is 0 Å². The molecule has 0 bridgehead atoms. The van der Waals surface area contributed by atoms with Gasteiger partial charge in [0.05, 0.1) is 11.4 Å². The number of benzene rings is 1. The molecule has 24 heavy (non-hydrogen) atoms. The number of fused-ring (bicyclic) bond motifs is 1. The number of amides is 1. The van der Waals surface area contributed by atoms with Crippen molar-refractivity contribution in [2.24, 2.45) is 5.92 Å². The van der Waals surface area contributed by atoms with Crippen LogP contribution in [0.5, 0.6) is 0 Å². The molecule has 1 atom stereocenters. The number of hydrogen-bond donors (Lipinski definition) is 0. The molecule has 2 heterocycles. The SMILES string of the molecule is O=C(Cn1ccc(=O)c2ccccc21)N1CCCC(C(F)(F)F)C1. The number of rotatable bonds is 2. The van der Waals surface area contributed by atoms with Gasteiger partial charge in [-0.15, -0.1) is 0 Å². The van der Waals surface area contributed by atoms with E-state index in [1.165, 1.54) is 17.2 Å². The van der Waals surface area contributed by atoms with Gasteiger partial charge in [-0.1, -0.05) is 12.1 Å². The van der Waals surface area contributed by atoms with Gasteiger partial charge in [0.15, 0.2) is 5.43 Å². The molecule has 1 unspecified atom stereocenters. The summed E-state index contributed by atoms with van der Waals surface area (Å²) < 4.78 is 40.2. The molecule has 1 aliphatic rings. The van der Waals surface area contributed by atoms with Crippen LogP contribution in [0, 0.1) is 5.92 Å². The quantitative estimate of drug-likeness (QED) is 0.845. The molecule has 1 fully saturated rings. The topological polar surface area (TPSA) is 42.3 Å². The van der Waals surface area contributed by atoms with Crippen LogP contribution in [0.4, 0.5) is 13.2 Å². The van der Waals surface area contributed by atoms with Gasteiger partial charge < -0.3 is 9.47 Å². The van der Waals surface area contributed by atoms with E-state index in [0.29, 0.717) is 23.9 Å². The summed E-state index contributed by atoms with van der Waals surface area (Å²) in [7, 11) is 0. The van der Waals surface area contributed by atoms with E-state index in [9.17, 15) is 22.8 Å². The number of hydrogen-bond acceptors (Lipinski definition) is 2. The Bertz CT molecular complexity index is 813. The Labute approximate surface area is 136 Å². The summed E-state index contributed by atoms with van der Waals surface area (Å²) in [5, 5.41) is 0.486. The third-order valence-corrected chi connectivity index (χ3v) is 4.43. The standard InChI is InChI=1S/C17H17F3N2O2/c18-17(19,20)12-4-3-8-22(10-12)16(24)11-21-9-7-15(23)13-5-1-2-6-14(13)21/h1-2,5-7,9,12H,3-4,8,10-11H2. The van der Waals surface area contributed by atoms with E-state index < -0.39 is 12.1 Å². The van der Waals surface area contributed by atoms with Crippen LogP contribution in [0.1, 0.15) is 12.8 Å². The van der Waals surface area contributed by atoms with Crippen molar-refractivity contribution in [3.63, 3.8) is 0 Å². The number of aromatic nitrogens is 1. The van der Waals surface area contributed by atoms with Crippen molar-refractivity contribution in [2.75, 3.05) is 13.1 Å². The first kappa shape index (κ1) is 16.5. The zero-order valence-corrected chi connectivity index (χ0v) is 12.9. The van der Waals surface area contributed by atoms with Gasteiger partial charge in [0.1, 0.15) is 6.54 Å². The fourth-order valence-corrected chi connectivity index (χ4v) is 3.11. The molecule has 1 aromatic carbocycles. The highest BCUT2D eigenvalue weighted by molar-refractivity contribution is 5.82. The molecule has 0 radical (unpaired) electrons. The minimum Gasteiger partial charge on any atom is -0.341 e. The first-order chi connectivity index (χ1) is 11.4. The van der Waals surface area contributed by atoms with Crippen molar-refractivity contribution >= 4 is 16.8 Å². The molecule has 0 aliphatic carbocycles. The van der Waals surface area contributed by atoms with E-state index >= 15 is 0 Å². The molecule has 0 saturated carbocycles. The molecule has 0 spiro atoms. The van der Waals surface area contributed by atoms with Gasteiger partial charge in [0.2, 0.25) is 5.91 Å². The molecule has 0 N–H and O–H groups in total. The predicted molar refractivity (Wildman–Crippen MR) is 83.6 cm³/mol. The first-order valence-electron chi connectivity index (χ1n) is 7.79. The van der Waals surface area contributed by atoms with E-state index in [4.69, 9.17) is 0 Å². The molecular formula is C17H17F3N2O2. The number of halogens is 3. The number of carbonyl (C=O) groups excluding carboxylic acids is 1. The van der Waals surface area contributed by atoms with Gasteiger partial charge in [0, 0.05) is 30.7 Å². The highest BCUT2D eigenvalue weighted by Gasteiger charge is 2.42. The molecule has 3 rings (SSSR count). The fraction of sp³-hybridized carbons (Fsp3) is 0.412. The number of para-hydroxylation sites is 1. The van der Waals surface area contributed by atoms with Gasteiger partial charge >= 0.3 is 6.18 Å². The smallest absolute Gasteiger partial charge is 0.341 e. The Morgan fingerprint density at radius 2 is 1.96 bits per heavy atom. The first-order valence-corrected chi connectivity index (χ1v) is 7.79. The second-order valence-electron chi connectivity index (χ2n) is 6.05. The van der Waals surface area contributed by atoms with Crippen molar-refractivity contribution in [2.45, 2.75) is 25.6 Å². The zero-order valence-electron chi connectivity index (χ0n) is 12.9. The molecule has 1 aromatic heterocycles. The largest absolute Gasteiger partial charge is 0.393 e. The number of nitrogens with zero attached hydrogens (tertiary/aromatic N) is 2. The van der Waals surface area contributed by atoms with E-state index in [0.717, 1.165) is 0 Å². The Hall–Kier alpha value is -2.31. The van der Waals surface area contributed by atoms with Crippen LogP contribution in [0.2, 0.25) is 0 Å². The highest BCUT2D eigenvalue weighted by Crippen LogP contribution is 2.33. The number of likely N-dealkylation sites (tertiary alicyclic amines) is 1. The fourth-order valence-electron chi connectivity index (χ4n) is 3.11. The average molecular weight is 338 g/mol. The summed E-state index contributed by atoms with van der Waals surface area (Å²) >= 11 is 0. The van der Waals surface area contributed by atoms with Crippen molar-refractivity contribution in [3.05, 3.63) is 46.8 Å². The van der Waals surface area contributed by atoms with E-state index in [-0.39, 0.29) is 30.8 Å². The van der Waals surface area contributed by atoms with Gasteiger partial charge in [-0.3, -0.25) is 9.59 Å². The third-order valence-electron chi connectivity index (χ3n) is 4.43. The van der Waals surface area contributed by atoms with E-state index in [1.54, 1.807) is 28.8 Å². The second-order valence-corrected chi connectivity index (χ2v) is 6.05. The number of pyridine rings is 1. The van der Waals surface area contributed by atoms with Crippen LogP contribution in [0.25, 0.3) is 10.9 Å². The van der Waals surface area contributed by atoms with Crippen LogP contribution in [0.3, 0.4) is 0 Å². The van der Waals surface area contributed by atoms with Gasteiger partial charge in [-0.25, -0.2) is 0 Å². The Balaban J connectivity index is 1.80. The predicted octanol–water partition coefficient (Wildman–Crippen LogP) is 2.80. The number of carbonyl (C=O) groups is 1. The van der Waals surface area contributed by atoms with Crippen molar-refractivity contribution in [1.82, 2.24) is 9.47 Å². The molecule has 1 amide bonds. The lowest BCUT2D eigenvalue weighted by Gasteiger charge is -2.34. The minimum absolute atomic E-state index is 0.0637. The zero-order chi connectivity index (χ0) is 17.3. The summed E-state index contributed by atoms with van der Waals surface area (Å²) in [6.45, 7) is -0.0324. The van der Waals surface area contributed by atoms with Crippen LogP contribution in [0.15, 0.2) is 41.3 Å². The Morgan fingerprint density at radius 3 is 2.71 bits per heavy atom. The Morgan fingerprint density at radius 1 is 1.21 bits per heavy atom. The third kappa shape index (κ3) is 3.29. The van der Waals surface area contributed by atoms with Crippen LogP contribution in [-0.2, 0) is 11.3 Å². The molecule has 2 aromatic rings. The van der Waals surface area contributed by atoms with Crippen LogP contribution < -0.4 is 5.43 Å². The van der Waals surface area contributed by atoms with Crippen molar-refractivity contribution < 1.29 is 18.0 Å². The molecule has 4 nitrogen and oxygen atoms in total.